The predicted octanol–water partition coefficient (Wildman–Crippen LogP) is 2.76. The smallest absolute Gasteiger partial charge is 0.133 e. The summed E-state index contributed by atoms with van der Waals surface area (Å²) >= 11 is 0. The van der Waals surface area contributed by atoms with Crippen molar-refractivity contribution in [1.82, 2.24) is 0 Å². The van der Waals surface area contributed by atoms with E-state index in [9.17, 15) is 10.2 Å². The second-order valence-electron chi connectivity index (χ2n) is 5.19. The molecule has 0 amide bonds. The first-order valence-corrected chi connectivity index (χ1v) is 7.81. The molecule has 0 aromatic heterocycles. The van der Waals surface area contributed by atoms with Crippen LogP contribution in [0.15, 0.2) is 0 Å². The van der Waals surface area contributed by atoms with Gasteiger partial charge in [-0.25, -0.2) is 0 Å². The summed E-state index contributed by atoms with van der Waals surface area (Å²) in [7, 11) is 0. The summed E-state index contributed by atoms with van der Waals surface area (Å²) in [5.74, 6) is -0.178. The van der Waals surface area contributed by atoms with E-state index in [1.807, 2.05) is 24.3 Å². The lowest BCUT2D eigenvalue weighted by Gasteiger charge is -2.20. The average Bonchev–Trinajstić information content (AvgIpc) is 2.61. The van der Waals surface area contributed by atoms with E-state index in [1.165, 1.54) is 0 Å². The molecule has 1 aromatic carbocycles. The molecular formula is C18H18N4O3. The van der Waals surface area contributed by atoms with Gasteiger partial charge in [-0.2, -0.15) is 21.0 Å². The quantitative estimate of drug-likeness (QED) is 0.658. The van der Waals surface area contributed by atoms with Crippen molar-refractivity contribution < 1.29 is 14.9 Å². The van der Waals surface area contributed by atoms with Gasteiger partial charge in [-0.3, -0.25) is 0 Å². The summed E-state index contributed by atoms with van der Waals surface area (Å²) in [6, 6.07) is 7.88. The largest absolute Gasteiger partial charge is 0.507 e. The van der Waals surface area contributed by atoms with Crippen molar-refractivity contribution in [1.29, 1.82) is 21.0 Å². The van der Waals surface area contributed by atoms with Crippen LogP contribution < -0.4 is 4.74 Å². The van der Waals surface area contributed by atoms with E-state index in [0.29, 0.717) is 11.1 Å². The Morgan fingerprint density at radius 1 is 0.640 bits per heavy atom. The average molecular weight is 338 g/mol. The van der Waals surface area contributed by atoms with Crippen molar-refractivity contribution in [3.63, 3.8) is 0 Å². The first-order valence-electron chi connectivity index (χ1n) is 7.81. The van der Waals surface area contributed by atoms with Crippen LogP contribution in [0.2, 0.25) is 0 Å². The second-order valence-corrected chi connectivity index (χ2v) is 5.19. The maximum Gasteiger partial charge on any atom is 0.133 e. The Hall–Kier alpha value is -3.42. The zero-order valence-corrected chi connectivity index (χ0v) is 13.7. The van der Waals surface area contributed by atoms with Gasteiger partial charge in [0, 0.05) is 36.0 Å². The molecule has 7 nitrogen and oxygen atoms in total. The number of rotatable bonds is 9. The number of hydrogen-bond donors (Lipinski definition) is 2. The predicted molar refractivity (Wildman–Crippen MR) is 87.3 cm³/mol. The summed E-state index contributed by atoms with van der Waals surface area (Å²) < 4.78 is 5.60. The molecular weight excluding hydrogens is 320 g/mol. The Morgan fingerprint density at radius 2 is 1.04 bits per heavy atom. The molecule has 7 heteroatoms. The topological polar surface area (TPSA) is 145 Å². The molecule has 0 atom stereocenters. The van der Waals surface area contributed by atoms with Crippen molar-refractivity contribution in [3.8, 4) is 41.5 Å². The number of benzene rings is 1. The molecule has 0 heterocycles. The molecule has 0 bridgehead atoms. The molecule has 128 valence electrons. The van der Waals surface area contributed by atoms with Crippen LogP contribution in [0, 0.1) is 45.3 Å². The summed E-state index contributed by atoms with van der Waals surface area (Å²) in [5, 5.41) is 56.2. The SMILES string of the molecule is N#CCCOc1c(CCC#N)c(O)c(CCC#N)c(O)c1CCC#N. The van der Waals surface area contributed by atoms with E-state index in [1.54, 1.807) is 0 Å². The lowest BCUT2D eigenvalue weighted by molar-refractivity contribution is 0.312. The van der Waals surface area contributed by atoms with Crippen molar-refractivity contribution in [2.75, 3.05) is 6.61 Å². The molecule has 0 saturated heterocycles. The first-order chi connectivity index (χ1) is 12.1. The summed E-state index contributed by atoms with van der Waals surface area (Å²) in [6.45, 7) is 0.0615. The number of nitrogens with zero attached hydrogens (tertiary/aromatic N) is 4. The highest BCUT2D eigenvalue weighted by molar-refractivity contribution is 5.62. The van der Waals surface area contributed by atoms with Crippen LogP contribution in [-0.4, -0.2) is 16.8 Å². The third-order valence-corrected chi connectivity index (χ3v) is 3.61. The fourth-order valence-electron chi connectivity index (χ4n) is 2.49. The van der Waals surface area contributed by atoms with Crippen LogP contribution in [0.5, 0.6) is 17.2 Å². The fraction of sp³-hybridized carbons (Fsp3) is 0.444. The molecule has 0 spiro atoms. The van der Waals surface area contributed by atoms with Gasteiger partial charge in [-0.15, -0.1) is 0 Å². The molecule has 0 unspecified atom stereocenters. The highest BCUT2D eigenvalue weighted by atomic mass is 16.5. The Labute approximate surface area is 146 Å². The Bertz CT molecular complexity index is 731. The Kier molecular flexibility index (Phi) is 8.14. The number of phenolic OH excluding ortho intramolecular Hbond substituents is 2. The monoisotopic (exact) mass is 338 g/mol. The molecule has 0 aliphatic rings. The lowest BCUT2D eigenvalue weighted by Crippen LogP contribution is -2.06. The first kappa shape index (κ1) is 19.6. The zero-order valence-electron chi connectivity index (χ0n) is 13.7. The minimum Gasteiger partial charge on any atom is -0.507 e. The van der Waals surface area contributed by atoms with Crippen molar-refractivity contribution in [2.45, 2.75) is 44.9 Å². The van der Waals surface area contributed by atoms with Crippen LogP contribution in [0.25, 0.3) is 0 Å². The molecule has 0 saturated carbocycles. The van der Waals surface area contributed by atoms with Crippen LogP contribution in [0.1, 0.15) is 42.4 Å². The molecule has 1 aromatic rings. The fourth-order valence-corrected chi connectivity index (χ4v) is 2.49. The minimum absolute atomic E-state index is 0.0615. The van der Waals surface area contributed by atoms with Gasteiger partial charge in [0.25, 0.3) is 0 Å². The molecule has 0 aliphatic heterocycles. The second kappa shape index (κ2) is 10.4. The van der Waals surface area contributed by atoms with Gasteiger partial charge in [0.2, 0.25) is 0 Å². The van der Waals surface area contributed by atoms with Gasteiger partial charge in [-0.05, 0) is 19.3 Å². The van der Waals surface area contributed by atoms with E-state index in [0.717, 1.165) is 0 Å². The third kappa shape index (κ3) is 5.03. The summed E-state index contributed by atoms with van der Waals surface area (Å²) in [4.78, 5) is 0. The van der Waals surface area contributed by atoms with E-state index in [2.05, 4.69) is 0 Å². The van der Waals surface area contributed by atoms with Crippen molar-refractivity contribution in [3.05, 3.63) is 16.7 Å². The van der Waals surface area contributed by atoms with Gasteiger partial charge in [0.15, 0.2) is 0 Å². The van der Waals surface area contributed by atoms with Gasteiger partial charge < -0.3 is 14.9 Å². The molecule has 0 radical (unpaired) electrons. The van der Waals surface area contributed by atoms with Crippen LogP contribution in [0.4, 0.5) is 0 Å². The Morgan fingerprint density at radius 3 is 1.44 bits per heavy atom. The van der Waals surface area contributed by atoms with Gasteiger partial charge in [-0.1, -0.05) is 0 Å². The zero-order chi connectivity index (χ0) is 18.7. The number of aromatic hydroxyl groups is 2. The molecule has 1 rings (SSSR count). The van der Waals surface area contributed by atoms with E-state index in [-0.39, 0.29) is 74.4 Å². The maximum absolute atomic E-state index is 10.5. The van der Waals surface area contributed by atoms with E-state index in [4.69, 9.17) is 25.8 Å². The van der Waals surface area contributed by atoms with Crippen LogP contribution in [-0.2, 0) is 19.3 Å². The summed E-state index contributed by atoms with van der Waals surface area (Å²) in [6.07, 6.45) is 1.02. The van der Waals surface area contributed by atoms with E-state index < -0.39 is 0 Å². The van der Waals surface area contributed by atoms with Gasteiger partial charge >= 0.3 is 0 Å². The molecule has 0 fully saturated rings. The Balaban J connectivity index is 3.50. The highest BCUT2D eigenvalue weighted by Crippen LogP contribution is 2.44. The van der Waals surface area contributed by atoms with Crippen molar-refractivity contribution in [2.24, 2.45) is 0 Å². The van der Waals surface area contributed by atoms with Gasteiger partial charge in [0.1, 0.15) is 23.9 Å². The normalized spacial score (nSPS) is 9.44. The minimum atomic E-state index is -0.198. The van der Waals surface area contributed by atoms with Crippen LogP contribution in [0.3, 0.4) is 0 Å². The molecule has 2 N–H and O–H groups in total. The van der Waals surface area contributed by atoms with Gasteiger partial charge in [0.05, 0.1) is 30.7 Å². The number of nitriles is 4. The van der Waals surface area contributed by atoms with Crippen molar-refractivity contribution >= 4 is 0 Å². The number of ether oxygens (including phenoxy) is 1. The molecule has 25 heavy (non-hydrogen) atoms. The lowest BCUT2D eigenvalue weighted by atomic mass is 9.93. The summed E-state index contributed by atoms with van der Waals surface area (Å²) in [5.41, 5.74) is 0.936. The van der Waals surface area contributed by atoms with E-state index >= 15 is 0 Å². The van der Waals surface area contributed by atoms with Crippen LogP contribution >= 0.6 is 0 Å². The number of hydrogen-bond acceptors (Lipinski definition) is 7. The number of phenols is 2. The molecule has 0 aliphatic carbocycles. The maximum atomic E-state index is 10.5. The highest BCUT2D eigenvalue weighted by Gasteiger charge is 2.24. The standard InChI is InChI=1S/C18H18N4O3/c19-8-1-5-13-16(23)14(6-2-9-20)18(25-12-4-11-22)15(17(13)24)7-3-10-21/h23-24H,1-7,12H2. The third-order valence-electron chi connectivity index (χ3n) is 3.61.